The normalized spacial score (nSPS) is 10.6. The topological polar surface area (TPSA) is 69.6 Å². The predicted molar refractivity (Wildman–Crippen MR) is 63.8 cm³/mol. The summed E-state index contributed by atoms with van der Waals surface area (Å²) in [4.78, 5) is 4.27. The van der Waals surface area contributed by atoms with Crippen LogP contribution in [-0.2, 0) is 13.0 Å². The largest absolute Gasteiger partial charge is 0.330 e. The van der Waals surface area contributed by atoms with Gasteiger partial charge in [-0.15, -0.1) is 5.10 Å². The van der Waals surface area contributed by atoms with Gasteiger partial charge in [0, 0.05) is 23.3 Å². The standard InChI is InChI=1S/C10H12BrN5/c11-8-1-2-9(13-5-8)6-16-7-10(3-4-12)14-15-16/h1-2,5,7H,3-4,6,12H2. The first-order chi connectivity index (χ1) is 7.78. The van der Waals surface area contributed by atoms with Crippen LogP contribution in [0.25, 0.3) is 0 Å². The van der Waals surface area contributed by atoms with Crippen molar-refractivity contribution in [1.82, 2.24) is 20.0 Å². The average molecular weight is 282 g/mol. The Hall–Kier alpha value is -1.27. The molecule has 2 N–H and O–H groups in total. The Bertz CT molecular complexity index is 450. The van der Waals surface area contributed by atoms with E-state index in [4.69, 9.17) is 5.73 Å². The van der Waals surface area contributed by atoms with Gasteiger partial charge in [0.25, 0.3) is 0 Å². The van der Waals surface area contributed by atoms with Gasteiger partial charge >= 0.3 is 0 Å². The molecule has 2 aromatic heterocycles. The molecule has 0 aromatic carbocycles. The molecular weight excluding hydrogens is 270 g/mol. The van der Waals surface area contributed by atoms with Crippen molar-refractivity contribution in [2.24, 2.45) is 5.73 Å². The maximum absolute atomic E-state index is 5.44. The van der Waals surface area contributed by atoms with Crippen LogP contribution in [0.5, 0.6) is 0 Å². The number of aromatic nitrogens is 4. The average Bonchev–Trinajstić information content (AvgIpc) is 2.70. The maximum Gasteiger partial charge on any atom is 0.0849 e. The van der Waals surface area contributed by atoms with Crippen molar-refractivity contribution in [1.29, 1.82) is 0 Å². The fourth-order valence-corrected chi connectivity index (χ4v) is 1.58. The Balaban J connectivity index is 2.05. The van der Waals surface area contributed by atoms with Gasteiger partial charge < -0.3 is 5.73 Å². The lowest BCUT2D eigenvalue weighted by atomic mass is 10.3. The van der Waals surface area contributed by atoms with Gasteiger partial charge in [0.1, 0.15) is 0 Å². The van der Waals surface area contributed by atoms with E-state index in [-0.39, 0.29) is 0 Å². The summed E-state index contributed by atoms with van der Waals surface area (Å²) in [6.07, 6.45) is 4.43. The molecule has 0 saturated carbocycles. The molecule has 0 radical (unpaired) electrons. The van der Waals surface area contributed by atoms with Crippen LogP contribution in [0.2, 0.25) is 0 Å². The quantitative estimate of drug-likeness (QED) is 0.907. The van der Waals surface area contributed by atoms with Crippen LogP contribution < -0.4 is 5.73 Å². The van der Waals surface area contributed by atoms with Gasteiger partial charge in [-0.2, -0.15) is 0 Å². The molecule has 0 saturated heterocycles. The molecule has 0 aliphatic carbocycles. The Morgan fingerprint density at radius 3 is 2.88 bits per heavy atom. The highest BCUT2D eigenvalue weighted by molar-refractivity contribution is 9.10. The zero-order valence-electron chi connectivity index (χ0n) is 8.67. The third kappa shape index (κ3) is 2.86. The Kier molecular flexibility index (Phi) is 3.63. The molecule has 0 fully saturated rings. The summed E-state index contributed by atoms with van der Waals surface area (Å²) in [6.45, 7) is 1.22. The second-order valence-electron chi connectivity index (χ2n) is 3.41. The van der Waals surface area contributed by atoms with E-state index in [1.807, 2.05) is 18.3 Å². The number of halogens is 1. The molecule has 0 aliphatic rings. The molecule has 84 valence electrons. The zero-order chi connectivity index (χ0) is 11.4. The minimum atomic E-state index is 0.592. The zero-order valence-corrected chi connectivity index (χ0v) is 10.3. The first kappa shape index (κ1) is 11.2. The number of nitrogens with zero attached hydrogens (tertiary/aromatic N) is 4. The summed E-state index contributed by atoms with van der Waals surface area (Å²) in [7, 11) is 0. The summed E-state index contributed by atoms with van der Waals surface area (Å²) in [5, 5.41) is 8.03. The molecule has 0 spiro atoms. The van der Waals surface area contributed by atoms with E-state index in [2.05, 4.69) is 31.2 Å². The molecule has 2 rings (SSSR count). The SMILES string of the molecule is NCCc1cn(Cc2ccc(Br)cn2)nn1. The number of pyridine rings is 1. The van der Waals surface area contributed by atoms with Crippen molar-refractivity contribution in [3.05, 3.63) is 40.4 Å². The van der Waals surface area contributed by atoms with E-state index in [1.54, 1.807) is 10.9 Å². The van der Waals surface area contributed by atoms with Crippen LogP contribution in [0.3, 0.4) is 0 Å². The van der Waals surface area contributed by atoms with Crippen molar-refractivity contribution in [3.8, 4) is 0 Å². The van der Waals surface area contributed by atoms with Crippen molar-refractivity contribution in [2.45, 2.75) is 13.0 Å². The molecule has 6 heteroatoms. The number of hydrogen-bond acceptors (Lipinski definition) is 4. The van der Waals surface area contributed by atoms with Gasteiger partial charge in [0.05, 0.1) is 17.9 Å². The lowest BCUT2D eigenvalue weighted by molar-refractivity contribution is 0.638. The van der Waals surface area contributed by atoms with Crippen LogP contribution >= 0.6 is 15.9 Å². The lowest BCUT2D eigenvalue weighted by Gasteiger charge is -1.99. The molecule has 0 atom stereocenters. The van der Waals surface area contributed by atoms with Crippen LogP contribution in [0, 0.1) is 0 Å². The summed E-state index contributed by atoms with van der Waals surface area (Å²) >= 11 is 3.34. The summed E-state index contributed by atoms with van der Waals surface area (Å²) < 4.78 is 2.74. The number of nitrogens with two attached hydrogens (primary N) is 1. The molecule has 0 amide bonds. The van der Waals surface area contributed by atoms with Crippen LogP contribution in [0.15, 0.2) is 29.0 Å². The maximum atomic E-state index is 5.44. The molecule has 0 unspecified atom stereocenters. The van der Waals surface area contributed by atoms with E-state index >= 15 is 0 Å². The minimum absolute atomic E-state index is 0.592. The summed E-state index contributed by atoms with van der Waals surface area (Å²) in [5.41, 5.74) is 7.31. The molecule has 16 heavy (non-hydrogen) atoms. The minimum Gasteiger partial charge on any atom is -0.330 e. The van der Waals surface area contributed by atoms with E-state index in [9.17, 15) is 0 Å². The van der Waals surface area contributed by atoms with Gasteiger partial charge in [-0.1, -0.05) is 5.21 Å². The Morgan fingerprint density at radius 1 is 1.31 bits per heavy atom. The van der Waals surface area contributed by atoms with Crippen molar-refractivity contribution in [2.75, 3.05) is 6.54 Å². The van der Waals surface area contributed by atoms with E-state index < -0.39 is 0 Å². The molecule has 5 nitrogen and oxygen atoms in total. The number of rotatable bonds is 4. The van der Waals surface area contributed by atoms with Crippen molar-refractivity contribution < 1.29 is 0 Å². The number of hydrogen-bond donors (Lipinski definition) is 1. The van der Waals surface area contributed by atoms with Crippen molar-refractivity contribution in [3.63, 3.8) is 0 Å². The molecule has 2 heterocycles. The van der Waals surface area contributed by atoms with Gasteiger partial charge in [-0.3, -0.25) is 4.98 Å². The smallest absolute Gasteiger partial charge is 0.0849 e. The van der Waals surface area contributed by atoms with E-state index in [0.29, 0.717) is 13.1 Å². The van der Waals surface area contributed by atoms with E-state index in [0.717, 1.165) is 22.3 Å². The second kappa shape index (κ2) is 5.18. The van der Waals surface area contributed by atoms with Gasteiger partial charge in [-0.05, 0) is 34.6 Å². The lowest BCUT2D eigenvalue weighted by Crippen LogP contribution is -2.03. The monoisotopic (exact) mass is 281 g/mol. The van der Waals surface area contributed by atoms with Gasteiger partial charge in [0.2, 0.25) is 0 Å². The second-order valence-corrected chi connectivity index (χ2v) is 4.33. The Morgan fingerprint density at radius 2 is 2.19 bits per heavy atom. The summed E-state index contributed by atoms with van der Waals surface area (Å²) in [5.74, 6) is 0. The fraction of sp³-hybridized carbons (Fsp3) is 0.300. The van der Waals surface area contributed by atoms with Crippen LogP contribution in [0.1, 0.15) is 11.4 Å². The first-order valence-corrected chi connectivity index (χ1v) is 5.77. The first-order valence-electron chi connectivity index (χ1n) is 4.97. The molecule has 2 aromatic rings. The Labute approximate surface area is 102 Å². The van der Waals surface area contributed by atoms with E-state index in [1.165, 1.54) is 0 Å². The third-order valence-corrected chi connectivity index (χ3v) is 2.57. The van der Waals surface area contributed by atoms with Crippen molar-refractivity contribution >= 4 is 15.9 Å². The fourth-order valence-electron chi connectivity index (χ4n) is 1.34. The molecular formula is C10H12BrN5. The highest BCUT2D eigenvalue weighted by Gasteiger charge is 2.01. The molecule has 0 aliphatic heterocycles. The van der Waals surface area contributed by atoms with Gasteiger partial charge in [-0.25, -0.2) is 4.68 Å². The van der Waals surface area contributed by atoms with Gasteiger partial charge in [0.15, 0.2) is 0 Å². The third-order valence-electron chi connectivity index (χ3n) is 2.10. The highest BCUT2D eigenvalue weighted by Crippen LogP contribution is 2.08. The van der Waals surface area contributed by atoms with Crippen LogP contribution in [0.4, 0.5) is 0 Å². The highest BCUT2D eigenvalue weighted by atomic mass is 79.9. The van der Waals surface area contributed by atoms with Crippen LogP contribution in [-0.4, -0.2) is 26.5 Å². The molecule has 0 bridgehead atoms. The predicted octanol–water partition coefficient (Wildman–Crippen LogP) is 0.985. The summed E-state index contributed by atoms with van der Waals surface area (Å²) in [6, 6.07) is 3.91.